The van der Waals surface area contributed by atoms with E-state index in [0.29, 0.717) is 12.7 Å². The van der Waals surface area contributed by atoms with Gasteiger partial charge in [-0.1, -0.05) is 26.8 Å². The van der Waals surface area contributed by atoms with Crippen molar-refractivity contribution in [1.82, 2.24) is 4.90 Å². The Morgan fingerprint density at radius 3 is 2.75 bits per heavy atom. The largest absolute Gasteiger partial charge is 0.454 e. The molecule has 24 heavy (non-hydrogen) atoms. The molecule has 2 saturated heterocycles. The molecule has 0 aliphatic carbocycles. The molecule has 4 rings (SSSR count). The summed E-state index contributed by atoms with van der Waals surface area (Å²) >= 11 is 0. The van der Waals surface area contributed by atoms with Crippen molar-refractivity contribution < 1.29 is 14.6 Å². The van der Waals surface area contributed by atoms with E-state index in [9.17, 15) is 5.11 Å². The third kappa shape index (κ3) is 2.51. The summed E-state index contributed by atoms with van der Waals surface area (Å²) in [7, 11) is 0. The molecule has 132 valence electrons. The Hall–Kier alpha value is -1.26. The normalized spacial score (nSPS) is 35.6. The lowest BCUT2D eigenvalue weighted by Crippen LogP contribution is -2.54. The minimum atomic E-state index is -0.404. The van der Waals surface area contributed by atoms with Crippen molar-refractivity contribution >= 4 is 0 Å². The molecule has 0 radical (unpaired) electrons. The van der Waals surface area contributed by atoms with Gasteiger partial charge in [0.2, 0.25) is 6.79 Å². The molecule has 0 aromatic heterocycles. The summed E-state index contributed by atoms with van der Waals surface area (Å²) in [5.41, 5.74) is 1.26. The van der Waals surface area contributed by atoms with Gasteiger partial charge in [-0.3, -0.25) is 4.90 Å². The number of nitrogens with zero attached hydrogens (tertiary/aromatic N) is 1. The maximum atomic E-state index is 11.3. The molecular weight excluding hydrogens is 302 g/mol. The van der Waals surface area contributed by atoms with Gasteiger partial charge in [0.15, 0.2) is 11.5 Å². The van der Waals surface area contributed by atoms with Crippen LogP contribution in [0, 0.1) is 11.3 Å². The molecule has 4 atom stereocenters. The van der Waals surface area contributed by atoms with Gasteiger partial charge in [0.05, 0.1) is 0 Å². The van der Waals surface area contributed by atoms with Gasteiger partial charge in [-0.2, -0.15) is 0 Å². The number of fused-ring (bicyclic) bond motifs is 3. The van der Waals surface area contributed by atoms with Crippen molar-refractivity contribution in [3.05, 3.63) is 23.8 Å². The molecule has 3 heterocycles. The lowest BCUT2D eigenvalue weighted by Gasteiger charge is -2.47. The highest BCUT2D eigenvalue weighted by Crippen LogP contribution is 2.51. The number of aliphatic hydroxyl groups is 1. The average molecular weight is 331 g/mol. The first-order valence-corrected chi connectivity index (χ1v) is 9.22. The number of ether oxygens (including phenoxy) is 2. The summed E-state index contributed by atoms with van der Waals surface area (Å²) in [5.74, 6) is 2.24. The van der Waals surface area contributed by atoms with Crippen LogP contribution in [-0.2, 0) is 5.41 Å². The molecule has 4 heteroatoms. The van der Waals surface area contributed by atoms with Gasteiger partial charge >= 0.3 is 0 Å². The van der Waals surface area contributed by atoms with Gasteiger partial charge in [-0.25, -0.2) is 0 Å². The van der Waals surface area contributed by atoms with Crippen LogP contribution in [0.1, 0.15) is 52.0 Å². The molecule has 0 spiro atoms. The number of aliphatic hydroxyl groups excluding tert-OH is 1. The van der Waals surface area contributed by atoms with Crippen LogP contribution in [0.5, 0.6) is 11.5 Å². The molecule has 1 N–H and O–H groups in total. The van der Waals surface area contributed by atoms with Gasteiger partial charge in [0.1, 0.15) is 6.23 Å². The van der Waals surface area contributed by atoms with E-state index in [1.54, 1.807) is 0 Å². The number of hydrogen-bond donors (Lipinski definition) is 1. The zero-order valence-corrected chi connectivity index (χ0v) is 15.0. The molecule has 3 aliphatic rings. The first kappa shape index (κ1) is 16.2. The Morgan fingerprint density at radius 1 is 1.17 bits per heavy atom. The average Bonchev–Trinajstić information content (AvgIpc) is 2.98. The van der Waals surface area contributed by atoms with Gasteiger partial charge in [0.25, 0.3) is 0 Å². The van der Waals surface area contributed by atoms with Crippen molar-refractivity contribution in [3.63, 3.8) is 0 Å². The summed E-state index contributed by atoms with van der Waals surface area (Å²) in [6.45, 7) is 9.30. The highest BCUT2D eigenvalue weighted by molar-refractivity contribution is 5.47. The van der Waals surface area contributed by atoms with E-state index < -0.39 is 6.23 Å². The molecule has 2 unspecified atom stereocenters. The van der Waals surface area contributed by atoms with E-state index in [-0.39, 0.29) is 10.8 Å². The Bertz CT molecular complexity index is 624. The topological polar surface area (TPSA) is 41.9 Å². The molecule has 1 aromatic rings. The van der Waals surface area contributed by atoms with Crippen LogP contribution in [0.2, 0.25) is 0 Å². The van der Waals surface area contributed by atoms with Crippen LogP contribution >= 0.6 is 0 Å². The summed E-state index contributed by atoms with van der Waals surface area (Å²) in [4.78, 5) is 2.29. The molecular formula is C20H29NO3. The first-order valence-electron chi connectivity index (χ1n) is 9.22. The number of piperidine rings is 1. The Kier molecular flexibility index (Phi) is 3.81. The lowest BCUT2D eigenvalue weighted by atomic mass is 9.64. The van der Waals surface area contributed by atoms with Crippen molar-refractivity contribution in [2.75, 3.05) is 19.9 Å². The summed E-state index contributed by atoms with van der Waals surface area (Å²) in [6.07, 6.45) is 3.97. The lowest BCUT2D eigenvalue weighted by molar-refractivity contribution is -0.0796. The molecule has 0 amide bonds. The predicted octanol–water partition coefficient (Wildman–Crippen LogP) is 3.52. The van der Waals surface area contributed by atoms with E-state index in [1.807, 2.05) is 6.07 Å². The van der Waals surface area contributed by atoms with E-state index in [0.717, 1.165) is 50.3 Å². The van der Waals surface area contributed by atoms with Crippen molar-refractivity contribution in [2.24, 2.45) is 11.3 Å². The fraction of sp³-hybridized carbons (Fsp3) is 0.700. The van der Waals surface area contributed by atoms with Crippen LogP contribution in [0.25, 0.3) is 0 Å². The van der Waals surface area contributed by atoms with Crippen LogP contribution < -0.4 is 9.47 Å². The molecule has 2 bridgehead atoms. The maximum absolute atomic E-state index is 11.3. The zero-order chi connectivity index (χ0) is 16.9. The smallest absolute Gasteiger partial charge is 0.231 e. The van der Waals surface area contributed by atoms with Crippen LogP contribution in [0.3, 0.4) is 0 Å². The third-order valence-electron chi connectivity index (χ3n) is 6.46. The maximum Gasteiger partial charge on any atom is 0.231 e. The summed E-state index contributed by atoms with van der Waals surface area (Å²) in [5, 5.41) is 11.3. The third-order valence-corrected chi connectivity index (χ3v) is 6.46. The van der Waals surface area contributed by atoms with Gasteiger partial charge in [0, 0.05) is 18.5 Å². The second-order valence-electron chi connectivity index (χ2n) is 8.79. The minimum Gasteiger partial charge on any atom is -0.454 e. The monoisotopic (exact) mass is 331 g/mol. The molecule has 2 fully saturated rings. The molecule has 1 aromatic carbocycles. The van der Waals surface area contributed by atoms with E-state index >= 15 is 0 Å². The van der Waals surface area contributed by atoms with E-state index in [1.165, 1.54) is 5.56 Å². The Balaban J connectivity index is 1.78. The van der Waals surface area contributed by atoms with E-state index in [4.69, 9.17) is 9.47 Å². The molecule has 4 nitrogen and oxygen atoms in total. The number of benzene rings is 1. The summed E-state index contributed by atoms with van der Waals surface area (Å²) < 4.78 is 11.1. The molecule has 0 saturated carbocycles. The standard InChI is InChI=1S/C20H29NO3/c1-19(2,3)15-7-10-21-9-4-8-20(12-15,18(21)22)14-5-6-16-17(11-14)24-13-23-16/h5-6,11,15,18,22H,4,7-10,12-13H2,1-3H3/t15-,18?,20-/m0/s1. The van der Waals surface area contributed by atoms with Gasteiger partial charge in [-0.05, 0) is 54.7 Å². The Labute approximate surface area is 144 Å². The predicted molar refractivity (Wildman–Crippen MR) is 93.2 cm³/mol. The van der Waals surface area contributed by atoms with Crippen LogP contribution in [0.15, 0.2) is 18.2 Å². The van der Waals surface area contributed by atoms with Gasteiger partial charge < -0.3 is 14.6 Å². The van der Waals surface area contributed by atoms with Gasteiger partial charge in [-0.15, -0.1) is 0 Å². The van der Waals surface area contributed by atoms with E-state index in [2.05, 4.69) is 37.8 Å². The SMILES string of the molecule is CC(C)(C)[C@H]1CCN2CCC[C@@](c3ccc4c(c3)OCO4)(C1)C2O. The quantitative estimate of drug-likeness (QED) is 0.855. The van der Waals surface area contributed by atoms with Crippen molar-refractivity contribution in [1.29, 1.82) is 0 Å². The second-order valence-corrected chi connectivity index (χ2v) is 8.79. The Morgan fingerprint density at radius 2 is 1.96 bits per heavy atom. The first-order chi connectivity index (χ1) is 11.4. The number of hydrogen-bond acceptors (Lipinski definition) is 4. The highest BCUT2D eigenvalue weighted by atomic mass is 16.7. The van der Waals surface area contributed by atoms with Crippen LogP contribution in [0.4, 0.5) is 0 Å². The fourth-order valence-electron chi connectivity index (χ4n) is 4.86. The van der Waals surface area contributed by atoms with Crippen molar-refractivity contribution in [3.8, 4) is 11.5 Å². The minimum absolute atomic E-state index is 0.201. The fourth-order valence-corrected chi connectivity index (χ4v) is 4.86. The second kappa shape index (κ2) is 5.63. The number of rotatable bonds is 1. The zero-order valence-electron chi connectivity index (χ0n) is 15.0. The highest BCUT2D eigenvalue weighted by Gasteiger charge is 2.50. The van der Waals surface area contributed by atoms with Crippen LogP contribution in [-0.4, -0.2) is 36.1 Å². The molecule has 3 aliphatic heterocycles. The van der Waals surface area contributed by atoms with Crippen molar-refractivity contribution in [2.45, 2.75) is 58.1 Å². The summed E-state index contributed by atoms with van der Waals surface area (Å²) in [6, 6.07) is 6.26.